The van der Waals surface area contributed by atoms with Gasteiger partial charge in [0.2, 0.25) is 0 Å². The molecule has 2 rings (SSSR count). The third-order valence-corrected chi connectivity index (χ3v) is 2.22. The van der Waals surface area contributed by atoms with Crippen molar-refractivity contribution in [1.82, 2.24) is 4.98 Å². The van der Waals surface area contributed by atoms with Gasteiger partial charge >= 0.3 is 5.97 Å². The molecule has 0 amide bonds. The Kier molecular flexibility index (Phi) is 2.72. The van der Waals surface area contributed by atoms with Crippen molar-refractivity contribution >= 4 is 22.6 Å². The lowest BCUT2D eigenvalue weighted by atomic mass is 10.1. The normalized spacial score (nSPS) is 10.3. The molecule has 0 saturated carbocycles. The molecule has 16 heavy (non-hydrogen) atoms. The third-order valence-electron chi connectivity index (χ3n) is 2.22. The Morgan fingerprint density at radius 2 is 2.25 bits per heavy atom. The number of fused-ring (bicyclic) bond motifs is 1. The van der Waals surface area contributed by atoms with Gasteiger partial charge in [-0.2, -0.15) is 0 Å². The van der Waals surface area contributed by atoms with Gasteiger partial charge in [-0.05, 0) is 25.1 Å². The SMILES string of the molecule is CCOC(=O)c1cnc2cc(N)ccc2c1. The minimum atomic E-state index is -0.353. The van der Waals surface area contributed by atoms with Crippen molar-refractivity contribution in [3.8, 4) is 0 Å². The van der Waals surface area contributed by atoms with E-state index in [1.54, 1.807) is 25.1 Å². The number of carbonyl (C=O) groups excluding carboxylic acids is 1. The Labute approximate surface area is 93.0 Å². The van der Waals surface area contributed by atoms with Gasteiger partial charge in [-0.1, -0.05) is 6.07 Å². The molecule has 0 atom stereocenters. The summed E-state index contributed by atoms with van der Waals surface area (Å²) >= 11 is 0. The molecule has 0 aliphatic heterocycles. The average molecular weight is 216 g/mol. The fraction of sp³-hybridized carbons (Fsp3) is 0.167. The second kappa shape index (κ2) is 4.18. The van der Waals surface area contributed by atoms with Crippen LogP contribution in [0.1, 0.15) is 17.3 Å². The fourth-order valence-electron chi connectivity index (χ4n) is 1.46. The molecule has 2 aromatic rings. The summed E-state index contributed by atoms with van der Waals surface area (Å²) in [7, 11) is 0. The molecule has 1 aromatic heterocycles. The number of anilines is 1. The zero-order valence-electron chi connectivity index (χ0n) is 8.93. The van der Waals surface area contributed by atoms with Crippen LogP contribution in [0.4, 0.5) is 5.69 Å². The monoisotopic (exact) mass is 216 g/mol. The number of aromatic nitrogens is 1. The number of hydrogen-bond donors (Lipinski definition) is 1. The fourth-order valence-corrected chi connectivity index (χ4v) is 1.46. The summed E-state index contributed by atoms with van der Waals surface area (Å²) in [6.45, 7) is 2.13. The summed E-state index contributed by atoms with van der Waals surface area (Å²) in [5.74, 6) is -0.353. The molecular formula is C12H12N2O2. The number of esters is 1. The van der Waals surface area contributed by atoms with E-state index >= 15 is 0 Å². The first-order chi connectivity index (χ1) is 7.70. The lowest BCUT2D eigenvalue weighted by Gasteiger charge is -2.03. The van der Waals surface area contributed by atoms with Gasteiger partial charge in [0.25, 0.3) is 0 Å². The molecule has 0 unspecified atom stereocenters. The molecule has 0 saturated heterocycles. The minimum Gasteiger partial charge on any atom is -0.462 e. The second-order valence-electron chi connectivity index (χ2n) is 3.40. The van der Waals surface area contributed by atoms with E-state index in [0.717, 1.165) is 10.9 Å². The van der Waals surface area contributed by atoms with E-state index in [-0.39, 0.29) is 5.97 Å². The highest BCUT2D eigenvalue weighted by Crippen LogP contribution is 2.16. The van der Waals surface area contributed by atoms with Crippen molar-refractivity contribution in [2.75, 3.05) is 12.3 Å². The third kappa shape index (κ3) is 1.95. The van der Waals surface area contributed by atoms with Crippen molar-refractivity contribution in [2.45, 2.75) is 6.92 Å². The van der Waals surface area contributed by atoms with Crippen LogP contribution in [0.15, 0.2) is 30.5 Å². The van der Waals surface area contributed by atoms with Crippen LogP contribution in [0, 0.1) is 0 Å². The Morgan fingerprint density at radius 3 is 3.00 bits per heavy atom. The van der Waals surface area contributed by atoms with Crippen molar-refractivity contribution in [3.63, 3.8) is 0 Å². The molecule has 0 fully saturated rings. The number of nitrogen functional groups attached to an aromatic ring is 1. The van der Waals surface area contributed by atoms with Crippen LogP contribution < -0.4 is 5.73 Å². The summed E-state index contributed by atoms with van der Waals surface area (Å²) < 4.78 is 4.90. The molecule has 1 aromatic carbocycles. The Bertz CT molecular complexity index is 538. The number of rotatable bonds is 2. The minimum absolute atomic E-state index is 0.353. The predicted molar refractivity (Wildman–Crippen MR) is 62.1 cm³/mol. The zero-order valence-corrected chi connectivity index (χ0v) is 8.93. The number of carbonyl (C=O) groups is 1. The second-order valence-corrected chi connectivity index (χ2v) is 3.40. The smallest absolute Gasteiger partial charge is 0.339 e. The number of benzene rings is 1. The maximum atomic E-state index is 11.5. The standard InChI is InChI=1S/C12H12N2O2/c1-2-16-12(15)9-5-8-3-4-10(13)6-11(8)14-7-9/h3-7H,2,13H2,1H3. The summed E-state index contributed by atoms with van der Waals surface area (Å²) in [6.07, 6.45) is 1.50. The van der Waals surface area contributed by atoms with Crippen LogP contribution in [0.5, 0.6) is 0 Å². The van der Waals surface area contributed by atoms with Crippen LogP contribution in [0.3, 0.4) is 0 Å². The van der Waals surface area contributed by atoms with E-state index in [1.165, 1.54) is 6.20 Å². The number of hydrogen-bond acceptors (Lipinski definition) is 4. The van der Waals surface area contributed by atoms with Crippen LogP contribution in [0.25, 0.3) is 10.9 Å². The van der Waals surface area contributed by atoms with Crippen molar-refractivity contribution < 1.29 is 9.53 Å². The maximum absolute atomic E-state index is 11.5. The summed E-state index contributed by atoms with van der Waals surface area (Å²) in [5.41, 5.74) is 7.52. The van der Waals surface area contributed by atoms with Crippen LogP contribution in [-0.2, 0) is 4.74 Å². The molecule has 2 N–H and O–H groups in total. The van der Waals surface area contributed by atoms with E-state index in [1.807, 2.05) is 6.07 Å². The molecule has 1 heterocycles. The lowest BCUT2D eigenvalue weighted by molar-refractivity contribution is 0.0526. The first kappa shape index (κ1) is 10.4. The summed E-state index contributed by atoms with van der Waals surface area (Å²) in [5, 5.41) is 0.875. The molecule has 0 bridgehead atoms. The Hall–Kier alpha value is -2.10. The topological polar surface area (TPSA) is 65.2 Å². The van der Waals surface area contributed by atoms with Gasteiger partial charge in [0.1, 0.15) is 0 Å². The zero-order chi connectivity index (χ0) is 11.5. The van der Waals surface area contributed by atoms with Gasteiger partial charge in [-0.15, -0.1) is 0 Å². The van der Waals surface area contributed by atoms with Gasteiger partial charge in [0, 0.05) is 17.3 Å². The average Bonchev–Trinajstić information content (AvgIpc) is 2.28. The number of pyridine rings is 1. The lowest BCUT2D eigenvalue weighted by Crippen LogP contribution is -2.04. The molecular weight excluding hydrogens is 204 g/mol. The number of nitrogens with zero attached hydrogens (tertiary/aromatic N) is 1. The van der Waals surface area contributed by atoms with E-state index in [0.29, 0.717) is 17.9 Å². The van der Waals surface area contributed by atoms with Crippen LogP contribution >= 0.6 is 0 Å². The molecule has 4 nitrogen and oxygen atoms in total. The molecule has 4 heteroatoms. The highest BCUT2D eigenvalue weighted by Gasteiger charge is 2.07. The summed E-state index contributed by atoms with van der Waals surface area (Å²) in [4.78, 5) is 15.6. The first-order valence-corrected chi connectivity index (χ1v) is 5.03. The Balaban J connectivity index is 2.44. The van der Waals surface area contributed by atoms with Crippen LogP contribution in [0.2, 0.25) is 0 Å². The van der Waals surface area contributed by atoms with E-state index in [4.69, 9.17) is 10.5 Å². The largest absolute Gasteiger partial charge is 0.462 e. The maximum Gasteiger partial charge on any atom is 0.339 e. The van der Waals surface area contributed by atoms with Gasteiger partial charge in [0.15, 0.2) is 0 Å². The van der Waals surface area contributed by atoms with Crippen molar-refractivity contribution in [3.05, 3.63) is 36.0 Å². The van der Waals surface area contributed by atoms with Gasteiger partial charge < -0.3 is 10.5 Å². The number of nitrogens with two attached hydrogens (primary N) is 1. The van der Waals surface area contributed by atoms with E-state index in [9.17, 15) is 4.79 Å². The van der Waals surface area contributed by atoms with Crippen molar-refractivity contribution in [2.24, 2.45) is 0 Å². The highest BCUT2D eigenvalue weighted by molar-refractivity contribution is 5.94. The molecule has 82 valence electrons. The van der Waals surface area contributed by atoms with Gasteiger partial charge in [0.05, 0.1) is 17.7 Å². The van der Waals surface area contributed by atoms with E-state index in [2.05, 4.69) is 4.98 Å². The Morgan fingerprint density at radius 1 is 1.44 bits per heavy atom. The molecule has 0 radical (unpaired) electrons. The van der Waals surface area contributed by atoms with Gasteiger partial charge in [-0.25, -0.2) is 4.79 Å². The van der Waals surface area contributed by atoms with Crippen molar-refractivity contribution in [1.29, 1.82) is 0 Å². The highest BCUT2D eigenvalue weighted by atomic mass is 16.5. The number of ether oxygens (including phenoxy) is 1. The molecule has 0 spiro atoms. The summed E-state index contributed by atoms with van der Waals surface area (Å²) in [6, 6.07) is 7.13. The predicted octanol–water partition coefficient (Wildman–Crippen LogP) is 1.99. The quantitative estimate of drug-likeness (QED) is 0.616. The van der Waals surface area contributed by atoms with E-state index < -0.39 is 0 Å². The molecule has 0 aliphatic carbocycles. The van der Waals surface area contributed by atoms with Gasteiger partial charge in [-0.3, -0.25) is 4.98 Å². The molecule has 0 aliphatic rings. The first-order valence-electron chi connectivity index (χ1n) is 5.03. The van der Waals surface area contributed by atoms with Crippen LogP contribution in [-0.4, -0.2) is 17.6 Å².